The van der Waals surface area contributed by atoms with Gasteiger partial charge in [-0.3, -0.25) is 4.79 Å². The van der Waals surface area contributed by atoms with Crippen LogP contribution < -0.4 is 0 Å². The molecule has 0 unspecified atom stereocenters. The van der Waals surface area contributed by atoms with Crippen LogP contribution in [0.4, 0.5) is 0 Å². The van der Waals surface area contributed by atoms with Crippen molar-refractivity contribution in [3.05, 3.63) is 60.2 Å². The third kappa shape index (κ3) is 3.50. The fraction of sp³-hybridized carbons (Fsp3) is 0.188. The fourth-order valence-electron chi connectivity index (χ4n) is 1.93. The Kier molecular flexibility index (Phi) is 4.44. The van der Waals surface area contributed by atoms with Gasteiger partial charge in [-0.25, -0.2) is 0 Å². The van der Waals surface area contributed by atoms with Crippen molar-refractivity contribution < 1.29 is 15.0 Å². The van der Waals surface area contributed by atoms with Crippen LogP contribution in [0.3, 0.4) is 0 Å². The summed E-state index contributed by atoms with van der Waals surface area (Å²) in [6, 6.07) is 17.4. The molecule has 0 saturated heterocycles. The lowest BCUT2D eigenvalue weighted by atomic mass is 10.00. The molecular formula is C16H16O3. The van der Waals surface area contributed by atoms with Gasteiger partial charge in [0.25, 0.3) is 0 Å². The smallest absolute Gasteiger partial charge is 0.161 e. The summed E-state index contributed by atoms with van der Waals surface area (Å²) in [7, 11) is 0. The molecule has 0 saturated carbocycles. The van der Waals surface area contributed by atoms with E-state index in [1.165, 1.54) is 0 Å². The maximum atomic E-state index is 11.1. The Morgan fingerprint density at radius 1 is 0.947 bits per heavy atom. The van der Waals surface area contributed by atoms with E-state index in [1.54, 1.807) is 12.1 Å². The maximum Gasteiger partial charge on any atom is 0.161 e. The zero-order valence-corrected chi connectivity index (χ0v) is 10.5. The Morgan fingerprint density at radius 3 is 2.11 bits per heavy atom. The highest BCUT2D eigenvalue weighted by molar-refractivity contribution is 5.80. The highest BCUT2D eigenvalue weighted by Gasteiger charge is 2.12. The van der Waals surface area contributed by atoms with Gasteiger partial charge in [-0.1, -0.05) is 54.6 Å². The molecule has 0 aliphatic carbocycles. The first-order valence-electron chi connectivity index (χ1n) is 6.16. The lowest BCUT2D eigenvalue weighted by Gasteiger charge is -2.10. The zero-order valence-electron chi connectivity index (χ0n) is 10.5. The van der Waals surface area contributed by atoms with Crippen LogP contribution in [0.25, 0.3) is 11.1 Å². The van der Waals surface area contributed by atoms with Crippen LogP contribution in [0.15, 0.2) is 54.6 Å². The Bertz CT molecular complexity index is 532. The van der Waals surface area contributed by atoms with E-state index in [0.29, 0.717) is 5.56 Å². The number of aliphatic hydroxyl groups excluding tert-OH is 2. The predicted molar refractivity (Wildman–Crippen MR) is 73.5 cm³/mol. The van der Waals surface area contributed by atoms with Crippen LogP contribution in [-0.4, -0.2) is 22.6 Å². The lowest BCUT2D eigenvalue weighted by Crippen LogP contribution is -2.09. The van der Waals surface area contributed by atoms with Crippen molar-refractivity contribution in [3.8, 4) is 11.1 Å². The largest absolute Gasteiger partial charge is 0.389 e. The van der Waals surface area contributed by atoms with E-state index >= 15 is 0 Å². The van der Waals surface area contributed by atoms with E-state index in [4.69, 9.17) is 5.11 Å². The summed E-state index contributed by atoms with van der Waals surface area (Å²) in [4.78, 5) is 11.1. The summed E-state index contributed by atoms with van der Waals surface area (Å²) in [6.45, 7) is -0.529. The molecule has 3 nitrogen and oxygen atoms in total. The van der Waals surface area contributed by atoms with Gasteiger partial charge in [0, 0.05) is 6.42 Å². The number of Topliss-reactive ketones (excluding diaryl/α,β-unsaturated/α-hetero) is 1. The summed E-state index contributed by atoms with van der Waals surface area (Å²) >= 11 is 0. The standard InChI is InChI=1S/C16H16O3/c17-11-15(18)10-16(19)14-8-6-13(7-9-14)12-4-2-1-3-5-12/h1-9,16-17,19H,10-11H2/t16-/m1/s1. The molecule has 0 aliphatic heterocycles. The molecule has 19 heavy (non-hydrogen) atoms. The molecule has 2 aromatic carbocycles. The first-order valence-corrected chi connectivity index (χ1v) is 6.16. The van der Waals surface area contributed by atoms with E-state index < -0.39 is 12.7 Å². The average Bonchev–Trinajstić information content (AvgIpc) is 2.48. The summed E-state index contributed by atoms with van der Waals surface area (Å²) < 4.78 is 0. The number of aliphatic hydroxyl groups is 2. The van der Waals surface area contributed by atoms with Crippen molar-refractivity contribution >= 4 is 5.78 Å². The summed E-state index contributed by atoms with van der Waals surface area (Å²) in [5, 5.41) is 18.5. The van der Waals surface area contributed by atoms with Gasteiger partial charge >= 0.3 is 0 Å². The monoisotopic (exact) mass is 256 g/mol. The average molecular weight is 256 g/mol. The third-order valence-corrected chi connectivity index (χ3v) is 3.00. The molecule has 2 aromatic rings. The fourth-order valence-corrected chi connectivity index (χ4v) is 1.93. The van der Waals surface area contributed by atoms with Crippen molar-refractivity contribution in [3.63, 3.8) is 0 Å². The summed E-state index contributed by atoms with van der Waals surface area (Å²) in [5.74, 6) is -0.361. The molecule has 0 bridgehead atoms. The summed E-state index contributed by atoms with van der Waals surface area (Å²) in [5.41, 5.74) is 2.85. The van der Waals surface area contributed by atoms with E-state index in [9.17, 15) is 9.90 Å². The van der Waals surface area contributed by atoms with Gasteiger partial charge in [-0.2, -0.15) is 0 Å². The first-order chi connectivity index (χ1) is 9.20. The number of benzene rings is 2. The molecule has 0 fully saturated rings. The third-order valence-electron chi connectivity index (χ3n) is 3.00. The lowest BCUT2D eigenvalue weighted by molar-refractivity contribution is -0.123. The topological polar surface area (TPSA) is 57.5 Å². The van der Waals surface area contributed by atoms with E-state index in [2.05, 4.69) is 0 Å². The minimum absolute atomic E-state index is 0.0544. The maximum absolute atomic E-state index is 11.1. The number of ketones is 1. The number of hydrogen-bond donors (Lipinski definition) is 2. The first kappa shape index (κ1) is 13.5. The molecule has 0 spiro atoms. The molecule has 2 N–H and O–H groups in total. The van der Waals surface area contributed by atoms with E-state index in [-0.39, 0.29) is 12.2 Å². The van der Waals surface area contributed by atoms with Crippen LogP contribution in [0.2, 0.25) is 0 Å². The quantitative estimate of drug-likeness (QED) is 0.863. The minimum atomic E-state index is -0.857. The molecule has 98 valence electrons. The molecule has 0 aromatic heterocycles. The molecule has 0 heterocycles. The highest BCUT2D eigenvalue weighted by atomic mass is 16.3. The number of carbonyl (C=O) groups is 1. The van der Waals surface area contributed by atoms with Crippen molar-refractivity contribution in [1.82, 2.24) is 0 Å². The number of carbonyl (C=O) groups excluding carboxylic acids is 1. The Morgan fingerprint density at radius 2 is 1.53 bits per heavy atom. The van der Waals surface area contributed by atoms with Crippen molar-refractivity contribution in [2.45, 2.75) is 12.5 Å². The molecule has 0 amide bonds. The predicted octanol–water partition coefficient (Wildman–Crippen LogP) is 2.34. The molecular weight excluding hydrogens is 240 g/mol. The Balaban J connectivity index is 2.12. The zero-order chi connectivity index (χ0) is 13.7. The normalized spacial score (nSPS) is 12.1. The van der Waals surface area contributed by atoms with Crippen LogP contribution in [-0.2, 0) is 4.79 Å². The number of rotatable bonds is 5. The van der Waals surface area contributed by atoms with Gasteiger partial charge < -0.3 is 10.2 Å². The van der Waals surface area contributed by atoms with Gasteiger partial charge in [0.2, 0.25) is 0 Å². The van der Waals surface area contributed by atoms with Gasteiger partial charge in [0.1, 0.15) is 6.61 Å². The van der Waals surface area contributed by atoms with E-state index in [1.807, 2.05) is 42.5 Å². The second kappa shape index (κ2) is 6.27. The van der Waals surface area contributed by atoms with Crippen LogP contribution in [0, 0.1) is 0 Å². The Labute approximate surface area is 112 Å². The van der Waals surface area contributed by atoms with E-state index in [0.717, 1.165) is 11.1 Å². The minimum Gasteiger partial charge on any atom is -0.389 e. The molecule has 0 aliphatic rings. The molecule has 1 atom stereocenters. The van der Waals surface area contributed by atoms with Gasteiger partial charge in [-0.15, -0.1) is 0 Å². The highest BCUT2D eigenvalue weighted by Crippen LogP contribution is 2.23. The molecule has 3 heteroatoms. The van der Waals surface area contributed by atoms with Gasteiger partial charge in [-0.05, 0) is 16.7 Å². The van der Waals surface area contributed by atoms with Gasteiger partial charge in [0.15, 0.2) is 5.78 Å². The molecule has 0 radical (unpaired) electrons. The second-order valence-corrected chi connectivity index (χ2v) is 4.40. The van der Waals surface area contributed by atoms with Crippen molar-refractivity contribution in [2.75, 3.05) is 6.61 Å². The summed E-state index contributed by atoms with van der Waals surface area (Å²) in [6.07, 6.45) is -0.911. The number of hydrogen-bond acceptors (Lipinski definition) is 3. The van der Waals surface area contributed by atoms with Crippen molar-refractivity contribution in [2.24, 2.45) is 0 Å². The van der Waals surface area contributed by atoms with Crippen molar-refractivity contribution in [1.29, 1.82) is 0 Å². The van der Waals surface area contributed by atoms with Crippen LogP contribution in [0.1, 0.15) is 18.1 Å². The molecule has 2 rings (SSSR count). The SMILES string of the molecule is O=C(CO)C[C@@H](O)c1ccc(-c2ccccc2)cc1. The van der Waals surface area contributed by atoms with Gasteiger partial charge in [0.05, 0.1) is 6.10 Å². The second-order valence-electron chi connectivity index (χ2n) is 4.40. The van der Waals surface area contributed by atoms with Crippen LogP contribution in [0.5, 0.6) is 0 Å². The van der Waals surface area contributed by atoms with Crippen LogP contribution >= 0.6 is 0 Å². The Hall–Kier alpha value is -1.97.